The monoisotopic (exact) mass is 388 g/mol. The molecular formula is C18H13BrO5. The predicted octanol–water partition coefficient (Wildman–Crippen LogP) is 3.18. The van der Waals surface area contributed by atoms with Crippen LogP contribution in [-0.4, -0.2) is 16.7 Å². The summed E-state index contributed by atoms with van der Waals surface area (Å²) in [6.07, 6.45) is -0.186. The van der Waals surface area contributed by atoms with E-state index < -0.39 is 5.63 Å². The SMILES string of the molecule is CC1=C(C)C(=O)C(Cc2c(O)c3ccccc3oc2=O)=C(Br)C1=O. The predicted molar refractivity (Wildman–Crippen MR) is 92.2 cm³/mol. The van der Waals surface area contributed by atoms with Gasteiger partial charge in [0.2, 0.25) is 0 Å². The largest absolute Gasteiger partial charge is 0.507 e. The molecule has 0 radical (unpaired) electrons. The van der Waals surface area contributed by atoms with Crippen LogP contribution in [0.2, 0.25) is 0 Å². The molecule has 0 bridgehead atoms. The van der Waals surface area contributed by atoms with E-state index in [0.717, 1.165) is 0 Å². The average Bonchev–Trinajstić information content (AvgIpc) is 2.57. The number of rotatable bonds is 2. The Balaban J connectivity index is 2.16. The first-order valence-electron chi connectivity index (χ1n) is 7.22. The molecule has 1 heterocycles. The van der Waals surface area contributed by atoms with Crippen molar-refractivity contribution < 1.29 is 19.1 Å². The summed E-state index contributed by atoms with van der Waals surface area (Å²) in [6, 6.07) is 6.57. The van der Waals surface area contributed by atoms with E-state index in [4.69, 9.17) is 4.42 Å². The van der Waals surface area contributed by atoms with Crippen LogP contribution in [0.3, 0.4) is 0 Å². The maximum atomic E-state index is 12.5. The Labute approximate surface area is 145 Å². The van der Waals surface area contributed by atoms with Crippen molar-refractivity contribution in [2.24, 2.45) is 0 Å². The second-order valence-electron chi connectivity index (χ2n) is 5.59. The maximum Gasteiger partial charge on any atom is 0.343 e. The first-order valence-corrected chi connectivity index (χ1v) is 8.01. The molecule has 1 aromatic carbocycles. The Morgan fingerprint density at radius 3 is 2.38 bits per heavy atom. The number of carbonyl (C=O) groups is 2. The standard InChI is InChI=1S/C18H13BrO5/c1-8-9(2)16(21)14(19)11(15(8)20)7-12-17(22)10-5-3-4-6-13(10)24-18(12)23/h3-6,22H,7H2,1-2H3. The maximum absolute atomic E-state index is 12.5. The van der Waals surface area contributed by atoms with E-state index in [0.29, 0.717) is 16.5 Å². The molecule has 122 valence electrons. The van der Waals surface area contributed by atoms with E-state index in [9.17, 15) is 19.5 Å². The van der Waals surface area contributed by atoms with Gasteiger partial charge in [-0.3, -0.25) is 9.59 Å². The Morgan fingerprint density at radius 1 is 1.04 bits per heavy atom. The normalized spacial score (nSPS) is 15.6. The highest BCUT2D eigenvalue weighted by atomic mass is 79.9. The van der Waals surface area contributed by atoms with Gasteiger partial charge in [0, 0.05) is 23.1 Å². The van der Waals surface area contributed by atoms with Crippen molar-refractivity contribution in [3.8, 4) is 5.75 Å². The van der Waals surface area contributed by atoms with Crippen LogP contribution in [-0.2, 0) is 16.0 Å². The molecule has 0 saturated carbocycles. The number of fused-ring (bicyclic) bond motifs is 1. The summed E-state index contributed by atoms with van der Waals surface area (Å²) in [4.78, 5) is 36.9. The van der Waals surface area contributed by atoms with Crippen LogP contribution in [0.15, 0.2) is 54.7 Å². The number of Topliss-reactive ketones (excluding diaryl/α,β-unsaturated/α-hetero) is 2. The second-order valence-corrected chi connectivity index (χ2v) is 6.38. The zero-order valence-electron chi connectivity index (χ0n) is 13.0. The molecule has 5 nitrogen and oxygen atoms in total. The van der Waals surface area contributed by atoms with Crippen molar-refractivity contribution in [1.82, 2.24) is 0 Å². The molecule has 24 heavy (non-hydrogen) atoms. The van der Waals surface area contributed by atoms with Crippen LogP contribution in [0.5, 0.6) is 5.75 Å². The molecule has 0 spiro atoms. The fourth-order valence-electron chi connectivity index (χ4n) is 2.63. The molecule has 2 aromatic rings. The van der Waals surface area contributed by atoms with Gasteiger partial charge in [-0.15, -0.1) is 0 Å². The molecule has 1 aromatic heterocycles. The fraction of sp³-hybridized carbons (Fsp3) is 0.167. The number of para-hydroxylation sites is 1. The van der Waals surface area contributed by atoms with Gasteiger partial charge < -0.3 is 9.52 Å². The molecule has 1 N–H and O–H groups in total. The Bertz CT molecular complexity index is 1020. The highest BCUT2D eigenvalue weighted by molar-refractivity contribution is 9.12. The summed E-state index contributed by atoms with van der Waals surface area (Å²) in [6.45, 7) is 3.15. The molecule has 1 aliphatic rings. The lowest BCUT2D eigenvalue weighted by Gasteiger charge is -2.17. The minimum Gasteiger partial charge on any atom is -0.507 e. The minimum atomic E-state index is -0.733. The van der Waals surface area contributed by atoms with Crippen molar-refractivity contribution in [2.75, 3.05) is 0 Å². The molecule has 0 amide bonds. The van der Waals surface area contributed by atoms with Crippen molar-refractivity contribution in [2.45, 2.75) is 20.3 Å². The van der Waals surface area contributed by atoms with Gasteiger partial charge in [-0.25, -0.2) is 4.79 Å². The van der Waals surface area contributed by atoms with Gasteiger partial charge >= 0.3 is 5.63 Å². The Kier molecular flexibility index (Phi) is 4.01. The molecule has 0 saturated heterocycles. The quantitative estimate of drug-likeness (QED) is 0.630. The van der Waals surface area contributed by atoms with Crippen molar-refractivity contribution in [3.63, 3.8) is 0 Å². The number of hydrogen-bond acceptors (Lipinski definition) is 5. The van der Waals surface area contributed by atoms with Crippen LogP contribution in [0.4, 0.5) is 0 Å². The van der Waals surface area contributed by atoms with Gasteiger partial charge in [0.1, 0.15) is 11.3 Å². The highest BCUT2D eigenvalue weighted by Crippen LogP contribution is 2.33. The zero-order chi connectivity index (χ0) is 17.6. The highest BCUT2D eigenvalue weighted by Gasteiger charge is 2.30. The van der Waals surface area contributed by atoms with Crippen molar-refractivity contribution in [3.05, 3.63) is 61.5 Å². The van der Waals surface area contributed by atoms with E-state index in [2.05, 4.69) is 15.9 Å². The number of carbonyl (C=O) groups excluding carboxylic acids is 2. The number of allylic oxidation sites excluding steroid dienone is 4. The van der Waals surface area contributed by atoms with Gasteiger partial charge in [0.05, 0.1) is 15.4 Å². The van der Waals surface area contributed by atoms with Gasteiger partial charge in [0.25, 0.3) is 0 Å². The van der Waals surface area contributed by atoms with Crippen LogP contribution in [0.1, 0.15) is 19.4 Å². The third-order valence-electron chi connectivity index (χ3n) is 4.21. The summed E-state index contributed by atoms with van der Waals surface area (Å²) in [5, 5.41) is 10.8. The molecular weight excluding hydrogens is 376 g/mol. The van der Waals surface area contributed by atoms with Crippen molar-refractivity contribution >= 4 is 38.5 Å². The molecule has 0 unspecified atom stereocenters. The fourth-order valence-corrected chi connectivity index (χ4v) is 3.25. The summed E-state index contributed by atoms with van der Waals surface area (Å²) < 4.78 is 5.31. The van der Waals surface area contributed by atoms with Crippen LogP contribution in [0, 0.1) is 0 Å². The topological polar surface area (TPSA) is 84.6 Å². The number of aromatic hydroxyl groups is 1. The lowest BCUT2D eigenvalue weighted by molar-refractivity contribution is -0.116. The van der Waals surface area contributed by atoms with E-state index in [1.54, 1.807) is 38.1 Å². The molecule has 0 aliphatic heterocycles. The third-order valence-corrected chi connectivity index (χ3v) is 5.05. The number of hydrogen-bond donors (Lipinski definition) is 1. The second kappa shape index (κ2) is 5.87. The molecule has 0 atom stereocenters. The van der Waals surface area contributed by atoms with Gasteiger partial charge in [-0.2, -0.15) is 0 Å². The third kappa shape index (κ3) is 2.43. The van der Waals surface area contributed by atoms with Gasteiger partial charge in [-0.05, 0) is 41.9 Å². The summed E-state index contributed by atoms with van der Waals surface area (Å²) in [5.74, 6) is -0.864. The first-order chi connectivity index (χ1) is 11.3. The Morgan fingerprint density at radius 2 is 1.67 bits per heavy atom. The average molecular weight is 389 g/mol. The van der Waals surface area contributed by atoms with Crippen LogP contribution < -0.4 is 5.63 Å². The summed E-state index contributed by atoms with van der Waals surface area (Å²) >= 11 is 3.15. The number of benzene rings is 1. The van der Waals surface area contributed by atoms with Crippen LogP contribution >= 0.6 is 15.9 Å². The minimum absolute atomic E-state index is 0.0471. The first kappa shape index (κ1) is 16.4. The summed E-state index contributed by atoms with van der Waals surface area (Å²) in [5.41, 5.74) is 0.321. The smallest absolute Gasteiger partial charge is 0.343 e. The molecule has 0 fully saturated rings. The van der Waals surface area contributed by atoms with E-state index in [1.165, 1.54) is 0 Å². The van der Waals surface area contributed by atoms with E-state index >= 15 is 0 Å². The van der Waals surface area contributed by atoms with Crippen molar-refractivity contribution in [1.29, 1.82) is 0 Å². The lowest BCUT2D eigenvalue weighted by Crippen LogP contribution is -2.22. The lowest BCUT2D eigenvalue weighted by atomic mass is 9.88. The molecule has 3 rings (SSSR count). The number of halogens is 1. The Hall–Kier alpha value is -2.47. The zero-order valence-corrected chi connectivity index (χ0v) is 14.6. The summed E-state index contributed by atoms with van der Waals surface area (Å²) in [7, 11) is 0. The van der Waals surface area contributed by atoms with Gasteiger partial charge in [-0.1, -0.05) is 12.1 Å². The van der Waals surface area contributed by atoms with E-state index in [-0.39, 0.29) is 44.9 Å². The van der Waals surface area contributed by atoms with E-state index in [1.807, 2.05) is 0 Å². The number of ketones is 2. The van der Waals surface area contributed by atoms with Gasteiger partial charge in [0.15, 0.2) is 11.6 Å². The molecule has 6 heteroatoms. The van der Waals surface area contributed by atoms with Crippen LogP contribution in [0.25, 0.3) is 11.0 Å². The molecule has 1 aliphatic carbocycles.